The molecular formula is C16H18N4O2S. The van der Waals surface area contributed by atoms with Gasteiger partial charge in [0, 0.05) is 11.5 Å². The van der Waals surface area contributed by atoms with Crippen LogP contribution in [0.1, 0.15) is 25.3 Å². The summed E-state index contributed by atoms with van der Waals surface area (Å²) in [6.07, 6.45) is 1.83. The summed E-state index contributed by atoms with van der Waals surface area (Å²) in [6, 6.07) is 7.36. The predicted octanol–water partition coefficient (Wildman–Crippen LogP) is 2.37. The van der Waals surface area contributed by atoms with Gasteiger partial charge in [-0.25, -0.2) is 0 Å². The van der Waals surface area contributed by atoms with Gasteiger partial charge in [-0.1, -0.05) is 35.1 Å². The Morgan fingerprint density at radius 2 is 2.09 bits per heavy atom. The van der Waals surface area contributed by atoms with Crippen LogP contribution in [0.5, 0.6) is 0 Å². The molecule has 1 atom stereocenters. The van der Waals surface area contributed by atoms with Crippen molar-refractivity contribution >= 4 is 28.3 Å². The first kappa shape index (κ1) is 15.6. The number of aromatic nitrogens is 2. The van der Waals surface area contributed by atoms with Gasteiger partial charge in [0.25, 0.3) is 0 Å². The Morgan fingerprint density at radius 1 is 1.30 bits per heavy atom. The van der Waals surface area contributed by atoms with E-state index in [0.717, 1.165) is 29.0 Å². The first-order valence-corrected chi connectivity index (χ1v) is 8.36. The van der Waals surface area contributed by atoms with Crippen molar-refractivity contribution in [3.8, 4) is 10.6 Å². The molecule has 1 aliphatic carbocycles. The molecular weight excluding hydrogens is 312 g/mol. The van der Waals surface area contributed by atoms with Gasteiger partial charge in [0.2, 0.25) is 16.9 Å². The molecule has 1 aromatic carbocycles. The molecule has 23 heavy (non-hydrogen) atoms. The maximum atomic E-state index is 12.1. The lowest BCUT2D eigenvalue weighted by Gasteiger charge is -2.12. The van der Waals surface area contributed by atoms with Crippen LogP contribution >= 0.6 is 11.3 Å². The zero-order chi connectivity index (χ0) is 16.4. The quantitative estimate of drug-likeness (QED) is 0.881. The monoisotopic (exact) mass is 330 g/mol. The Labute approximate surface area is 138 Å². The maximum absolute atomic E-state index is 12.1. The second-order valence-corrected chi connectivity index (χ2v) is 6.75. The van der Waals surface area contributed by atoms with Gasteiger partial charge >= 0.3 is 0 Å². The van der Waals surface area contributed by atoms with Crippen molar-refractivity contribution in [3.63, 3.8) is 0 Å². The molecule has 1 heterocycles. The fourth-order valence-electron chi connectivity index (χ4n) is 2.12. The maximum Gasteiger partial charge on any atom is 0.248 e. The summed E-state index contributed by atoms with van der Waals surface area (Å²) in [6.45, 7) is 3.68. The molecule has 0 bridgehead atoms. The van der Waals surface area contributed by atoms with Crippen LogP contribution in [0.4, 0.5) is 5.13 Å². The number of hydrogen-bond acceptors (Lipinski definition) is 5. The molecule has 0 aliphatic heterocycles. The number of amides is 2. The number of nitrogens with zero attached hydrogens (tertiary/aromatic N) is 2. The van der Waals surface area contributed by atoms with E-state index in [0.29, 0.717) is 5.13 Å². The van der Waals surface area contributed by atoms with Crippen molar-refractivity contribution in [2.45, 2.75) is 32.7 Å². The lowest BCUT2D eigenvalue weighted by Crippen LogP contribution is -2.42. The fourth-order valence-corrected chi connectivity index (χ4v) is 2.87. The molecule has 2 aromatic rings. The molecule has 1 unspecified atom stereocenters. The highest BCUT2D eigenvalue weighted by molar-refractivity contribution is 7.18. The van der Waals surface area contributed by atoms with Crippen molar-refractivity contribution < 1.29 is 9.59 Å². The minimum atomic E-state index is -0.589. The summed E-state index contributed by atoms with van der Waals surface area (Å²) in [5.74, 6) is -0.254. The molecule has 0 saturated heterocycles. The van der Waals surface area contributed by atoms with E-state index in [4.69, 9.17) is 0 Å². The third kappa shape index (κ3) is 3.92. The van der Waals surface area contributed by atoms with E-state index < -0.39 is 6.04 Å². The summed E-state index contributed by atoms with van der Waals surface area (Å²) >= 11 is 1.31. The number of hydrogen-bond donors (Lipinski definition) is 2. The summed E-state index contributed by atoms with van der Waals surface area (Å²) in [5.41, 5.74) is 2.11. The van der Waals surface area contributed by atoms with E-state index in [1.54, 1.807) is 6.92 Å². The molecule has 1 aromatic heterocycles. The van der Waals surface area contributed by atoms with Gasteiger partial charge < -0.3 is 5.32 Å². The molecule has 0 spiro atoms. The van der Waals surface area contributed by atoms with Crippen molar-refractivity contribution in [2.75, 3.05) is 5.32 Å². The van der Waals surface area contributed by atoms with Gasteiger partial charge in [0.15, 0.2) is 0 Å². The van der Waals surface area contributed by atoms with Crippen LogP contribution in [0.15, 0.2) is 24.3 Å². The lowest BCUT2D eigenvalue weighted by atomic mass is 10.1. The largest absolute Gasteiger partial charge is 0.344 e. The molecule has 0 radical (unpaired) electrons. The minimum absolute atomic E-state index is 0.0506. The Balaban J connectivity index is 1.61. The van der Waals surface area contributed by atoms with E-state index >= 15 is 0 Å². The third-order valence-corrected chi connectivity index (χ3v) is 4.51. The zero-order valence-electron chi connectivity index (χ0n) is 13.0. The Kier molecular flexibility index (Phi) is 4.38. The van der Waals surface area contributed by atoms with E-state index in [9.17, 15) is 9.59 Å². The summed E-state index contributed by atoms with van der Waals surface area (Å²) < 4.78 is 0. The predicted molar refractivity (Wildman–Crippen MR) is 89.0 cm³/mol. The average Bonchev–Trinajstić information content (AvgIpc) is 3.27. The van der Waals surface area contributed by atoms with Crippen LogP contribution in [0, 0.1) is 12.8 Å². The third-order valence-electron chi connectivity index (χ3n) is 3.62. The molecule has 7 heteroatoms. The Hall–Kier alpha value is -2.28. The summed E-state index contributed by atoms with van der Waals surface area (Å²) in [5, 5.41) is 14.7. The standard InChI is InChI=1S/C16H18N4O2S/c1-9-4-3-5-12(8-9)15-19-20-16(23-15)18-13(21)10(2)17-14(22)11-6-7-11/h3-5,8,10-11H,6-7H2,1-2H3,(H,17,22)(H,18,20,21). The number of benzene rings is 1. The molecule has 2 N–H and O–H groups in total. The molecule has 2 amide bonds. The van der Waals surface area contributed by atoms with Gasteiger partial charge in [0.1, 0.15) is 11.0 Å². The first-order valence-electron chi connectivity index (χ1n) is 7.54. The van der Waals surface area contributed by atoms with E-state index in [-0.39, 0.29) is 17.7 Å². The number of anilines is 1. The smallest absolute Gasteiger partial charge is 0.248 e. The molecule has 1 fully saturated rings. The van der Waals surface area contributed by atoms with Crippen LogP contribution < -0.4 is 10.6 Å². The van der Waals surface area contributed by atoms with E-state index in [1.165, 1.54) is 11.3 Å². The highest BCUT2D eigenvalue weighted by Crippen LogP contribution is 2.29. The van der Waals surface area contributed by atoms with Gasteiger partial charge in [-0.15, -0.1) is 10.2 Å². The average molecular weight is 330 g/mol. The Morgan fingerprint density at radius 3 is 2.78 bits per heavy atom. The minimum Gasteiger partial charge on any atom is -0.344 e. The number of rotatable bonds is 5. The second kappa shape index (κ2) is 6.45. The molecule has 3 rings (SSSR count). The lowest BCUT2D eigenvalue weighted by molar-refractivity contribution is -0.127. The van der Waals surface area contributed by atoms with Crippen molar-refractivity contribution in [2.24, 2.45) is 5.92 Å². The van der Waals surface area contributed by atoms with Gasteiger partial charge in [0.05, 0.1) is 0 Å². The second-order valence-electron chi connectivity index (χ2n) is 5.78. The van der Waals surface area contributed by atoms with Crippen LogP contribution in [-0.4, -0.2) is 28.1 Å². The van der Waals surface area contributed by atoms with E-state index in [2.05, 4.69) is 20.8 Å². The molecule has 1 saturated carbocycles. The van der Waals surface area contributed by atoms with Crippen molar-refractivity contribution in [1.29, 1.82) is 0 Å². The van der Waals surface area contributed by atoms with E-state index in [1.807, 2.05) is 31.2 Å². The molecule has 6 nitrogen and oxygen atoms in total. The zero-order valence-corrected chi connectivity index (χ0v) is 13.8. The topological polar surface area (TPSA) is 84.0 Å². The highest BCUT2D eigenvalue weighted by Gasteiger charge is 2.31. The number of carbonyl (C=O) groups is 2. The van der Waals surface area contributed by atoms with Gasteiger partial charge in [-0.05, 0) is 32.8 Å². The van der Waals surface area contributed by atoms with Crippen LogP contribution in [0.3, 0.4) is 0 Å². The first-order chi connectivity index (χ1) is 11.0. The molecule has 120 valence electrons. The van der Waals surface area contributed by atoms with Crippen LogP contribution in [-0.2, 0) is 9.59 Å². The normalized spacial score (nSPS) is 15.0. The SMILES string of the molecule is Cc1cccc(-c2nnc(NC(=O)C(C)NC(=O)C3CC3)s2)c1. The Bertz CT molecular complexity index is 739. The number of aryl methyl sites for hydroxylation is 1. The molecule has 1 aliphatic rings. The van der Waals surface area contributed by atoms with Crippen LogP contribution in [0.25, 0.3) is 10.6 Å². The van der Waals surface area contributed by atoms with Crippen molar-refractivity contribution in [3.05, 3.63) is 29.8 Å². The van der Waals surface area contributed by atoms with Gasteiger partial charge in [-0.2, -0.15) is 0 Å². The summed E-state index contributed by atoms with van der Waals surface area (Å²) in [7, 11) is 0. The van der Waals surface area contributed by atoms with Gasteiger partial charge in [-0.3, -0.25) is 14.9 Å². The fraction of sp³-hybridized carbons (Fsp3) is 0.375. The number of nitrogens with one attached hydrogen (secondary N) is 2. The summed E-state index contributed by atoms with van der Waals surface area (Å²) in [4.78, 5) is 23.8. The van der Waals surface area contributed by atoms with Crippen LogP contribution in [0.2, 0.25) is 0 Å². The highest BCUT2D eigenvalue weighted by atomic mass is 32.1. The van der Waals surface area contributed by atoms with Crippen molar-refractivity contribution in [1.82, 2.24) is 15.5 Å². The number of carbonyl (C=O) groups excluding carboxylic acids is 2.